The molecule has 5 heteroatoms. The lowest BCUT2D eigenvalue weighted by Crippen LogP contribution is -2.48. The number of carbonyl (C=O) groups excluding carboxylic acids is 2. The highest BCUT2D eigenvalue weighted by Gasteiger charge is 2.52. The fourth-order valence-corrected chi connectivity index (χ4v) is 2.55. The second kappa shape index (κ2) is 9.03. The monoisotopic (exact) mass is 302 g/mol. The lowest BCUT2D eigenvalue weighted by Gasteiger charge is -2.36. The lowest BCUT2D eigenvalue weighted by atomic mass is 9.72. The van der Waals surface area contributed by atoms with Crippen LogP contribution in [0.25, 0.3) is 0 Å². The van der Waals surface area contributed by atoms with Crippen molar-refractivity contribution in [2.24, 2.45) is 5.41 Å². The zero-order valence-electron chi connectivity index (χ0n) is 14.0. The molecule has 0 unspecified atom stereocenters. The highest BCUT2D eigenvalue weighted by Crippen LogP contribution is 2.39. The summed E-state index contributed by atoms with van der Waals surface area (Å²) in [5.74, 6) is -1.18. The topological polar surface area (TPSA) is 72.8 Å². The maximum Gasteiger partial charge on any atom is 0.323 e. The maximum absolute atomic E-state index is 12.4. The Hall–Kier alpha value is -1.10. The first-order valence-electron chi connectivity index (χ1n) is 7.92. The van der Waals surface area contributed by atoms with E-state index in [1.807, 2.05) is 20.8 Å². The number of carbonyl (C=O) groups is 2. The van der Waals surface area contributed by atoms with Gasteiger partial charge in [-0.3, -0.25) is 9.59 Å². The van der Waals surface area contributed by atoms with Crippen molar-refractivity contribution in [3.63, 3.8) is 0 Å². The first kappa shape index (κ1) is 19.9. The van der Waals surface area contributed by atoms with Gasteiger partial charge in [0.05, 0.1) is 18.8 Å². The van der Waals surface area contributed by atoms with E-state index in [1.54, 1.807) is 13.8 Å². The van der Waals surface area contributed by atoms with Crippen molar-refractivity contribution < 1.29 is 24.2 Å². The second-order valence-electron chi connectivity index (χ2n) is 5.38. The van der Waals surface area contributed by atoms with Crippen LogP contribution in [0.1, 0.15) is 66.7 Å². The van der Waals surface area contributed by atoms with Crippen molar-refractivity contribution in [1.29, 1.82) is 0 Å². The van der Waals surface area contributed by atoms with Crippen LogP contribution in [-0.4, -0.2) is 35.9 Å². The van der Waals surface area contributed by atoms with Gasteiger partial charge in [0.25, 0.3) is 0 Å². The first-order chi connectivity index (χ1) is 9.85. The Labute approximate surface area is 128 Å². The van der Waals surface area contributed by atoms with Gasteiger partial charge in [-0.2, -0.15) is 0 Å². The molecule has 0 fully saturated rings. The highest BCUT2D eigenvalue weighted by atomic mass is 16.6. The molecule has 124 valence electrons. The van der Waals surface area contributed by atoms with Gasteiger partial charge in [-0.25, -0.2) is 0 Å². The van der Waals surface area contributed by atoms with Gasteiger partial charge in [0.1, 0.15) is 0 Å². The summed E-state index contributed by atoms with van der Waals surface area (Å²) in [6.45, 7) is 9.37. The van der Waals surface area contributed by atoms with Crippen LogP contribution in [0.4, 0.5) is 0 Å². The van der Waals surface area contributed by atoms with E-state index < -0.39 is 23.0 Å². The van der Waals surface area contributed by atoms with Gasteiger partial charge in [-0.15, -0.1) is 0 Å². The van der Waals surface area contributed by atoms with Crippen LogP contribution in [0.3, 0.4) is 0 Å². The Bertz CT molecular complexity index is 316. The average molecular weight is 302 g/mol. The van der Waals surface area contributed by atoms with Crippen molar-refractivity contribution in [3.05, 3.63) is 0 Å². The van der Waals surface area contributed by atoms with E-state index in [0.717, 1.165) is 0 Å². The smallest absolute Gasteiger partial charge is 0.323 e. The Kier molecular flexibility index (Phi) is 8.55. The van der Waals surface area contributed by atoms with Crippen LogP contribution in [0.15, 0.2) is 0 Å². The van der Waals surface area contributed by atoms with Crippen molar-refractivity contribution in [2.75, 3.05) is 13.2 Å². The van der Waals surface area contributed by atoms with E-state index in [9.17, 15) is 14.7 Å². The van der Waals surface area contributed by atoms with Gasteiger partial charge in [0, 0.05) is 6.42 Å². The molecule has 0 saturated heterocycles. The van der Waals surface area contributed by atoms with Crippen LogP contribution in [0, 0.1) is 5.41 Å². The van der Waals surface area contributed by atoms with Crippen molar-refractivity contribution >= 4 is 11.9 Å². The Morgan fingerprint density at radius 3 is 1.62 bits per heavy atom. The third-order valence-electron chi connectivity index (χ3n) is 3.96. The highest BCUT2D eigenvalue weighted by molar-refractivity contribution is 6.00. The first-order valence-corrected chi connectivity index (χ1v) is 7.92. The van der Waals surface area contributed by atoms with E-state index in [2.05, 4.69) is 0 Å². The normalized spacial score (nSPS) is 12.1. The van der Waals surface area contributed by atoms with E-state index >= 15 is 0 Å². The second-order valence-corrected chi connectivity index (χ2v) is 5.38. The summed E-state index contributed by atoms with van der Waals surface area (Å²) < 4.78 is 10.2. The van der Waals surface area contributed by atoms with Crippen molar-refractivity contribution in [3.8, 4) is 0 Å². The van der Waals surface area contributed by atoms with E-state index in [0.29, 0.717) is 25.7 Å². The lowest BCUT2D eigenvalue weighted by molar-refractivity contribution is -0.178. The average Bonchev–Trinajstić information content (AvgIpc) is 2.47. The number of esters is 2. The summed E-state index contributed by atoms with van der Waals surface area (Å²) in [6.07, 6.45) is 1.91. The van der Waals surface area contributed by atoms with Gasteiger partial charge >= 0.3 is 11.9 Å². The van der Waals surface area contributed by atoms with Gasteiger partial charge in [0.2, 0.25) is 0 Å². The minimum atomic E-state index is -1.42. The molecule has 0 aromatic heterocycles. The fraction of sp³-hybridized carbons (Fsp3) is 0.875. The molecule has 0 aliphatic carbocycles. The summed E-state index contributed by atoms with van der Waals surface area (Å²) >= 11 is 0. The number of rotatable bonds is 10. The van der Waals surface area contributed by atoms with E-state index in [4.69, 9.17) is 9.47 Å². The van der Waals surface area contributed by atoms with Crippen LogP contribution in [0.2, 0.25) is 0 Å². The zero-order chi connectivity index (χ0) is 16.5. The molecule has 0 saturated carbocycles. The molecule has 0 aromatic rings. The number of hydrogen-bond acceptors (Lipinski definition) is 5. The van der Waals surface area contributed by atoms with Gasteiger partial charge in [-0.05, 0) is 33.1 Å². The summed E-state index contributed by atoms with van der Waals surface area (Å²) in [4.78, 5) is 24.9. The molecule has 1 N–H and O–H groups in total. The molecule has 0 aliphatic heterocycles. The molecular weight excluding hydrogens is 272 g/mol. The van der Waals surface area contributed by atoms with Crippen molar-refractivity contribution in [2.45, 2.75) is 72.3 Å². The minimum Gasteiger partial charge on any atom is -0.465 e. The third kappa shape index (κ3) is 4.99. The molecule has 0 rings (SSSR count). The quantitative estimate of drug-likeness (QED) is 0.496. The van der Waals surface area contributed by atoms with Crippen molar-refractivity contribution in [1.82, 2.24) is 0 Å². The van der Waals surface area contributed by atoms with Crippen LogP contribution >= 0.6 is 0 Å². The minimum absolute atomic E-state index is 0.0402. The Balaban J connectivity index is 5.66. The van der Waals surface area contributed by atoms with Crippen LogP contribution in [0.5, 0.6) is 0 Å². The molecule has 0 radical (unpaired) electrons. The Morgan fingerprint density at radius 2 is 1.33 bits per heavy atom. The van der Waals surface area contributed by atoms with E-state index in [1.165, 1.54) is 0 Å². The van der Waals surface area contributed by atoms with Gasteiger partial charge in [-0.1, -0.05) is 27.2 Å². The number of hydrogen-bond donors (Lipinski definition) is 1. The molecule has 0 bridgehead atoms. The molecule has 0 aromatic carbocycles. The largest absolute Gasteiger partial charge is 0.465 e. The molecule has 0 aliphatic rings. The van der Waals surface area contributed by atoms with Crippen LogP contribution < -0.4 is 0 Å². The molecule has 0 spiro atoms. The summed E-state index contributed by atoms with van der Waals surface area (Å²) in [5, 5.41) is 10.6. The molecule has 5 nitrogen and oxygen atoms in total. The van der Waals surface area contributed by atoms with Crippen LogP contribution in [-0.2, 0) is 19.1 Å². The molecular formula is C16H30O5. The SMILES string of the molecule is CCCC(CC(O)(CC)CC)(C(=O)OCC)C(=O)OCC. The maximum atomic E-state index is 12.4. The summed E-state index contributed by atoms with van der Waals surface area (Å²) in [5.41, 5.74) is -2.49. The number of aliphatic hydroxyl groups is 1. The predicted molar refractivity (Wildman–Crippen MR) is 80.8 cm³/mol. The molecule has 0 amide bonds. The third-order valence-corrected chi connectivity index (χ3v) is 3.96. The zero-order valence-corrected chi connectivity index (χ0v) is 14.0. The molecule has 21 heavy (non-hydrogen) atoms. The summed E-state index contributed by atoms with van der Waals surface area (Å²) in [7, 11) is 0. The summed E-state index contributed by atoms with van der Waals surface area (Å²) in [6, 6.07) is 0. The standard InChI is InChI=1S/C16H30O5/c1-6-11-16(13(17)20-9-4,14(18)21-10-5)12-15(19,7-2)8-3/h19H,6-12H2,1-5H3. The molecule has 0 atom stereocenters. The fourth-order valence-electron chi connectivity index (χ4n) is 2.55. The van der Waals surface area contributed by atoms with E-state index in [-0.39, 0.29) is 19.6 Å². The van der Waals surface area contributed by atoms with Gasteiger partial charge in [0.15, 0.2) is 5.41 Å². The number of ether oxygens (including phenoxy) is 2. The van der Waals surface area contributed by atoms with Gasteiger partial charge < -0.3 is 14.6 Å². The molecule has 0 heterocycles. The predicted octanol–water partition coefficient (Wildman–Crippen LogP) is 2.84. The Morgan fingerprint density at radius 1 is 0.905 bits per heavy atom.